The average Bonchev–Trinajstić information content (AvgIpc) is 2.94. The van der Waals surface area contributed by atoms with E-state index in [0.717, 1.165) is 37.4 Å². The molecule has 1 amide bonds. The molecule has 2 aromatic heterocycles. The van der Waals surface area contributed by atoms with Gasteiger partial charge in [-0.3, -0.25) is 4.79 Å². The lowest BCUT2D eigenvalue weighted by Gasteiger charge is -2.35. The van der Waals surface area contributed by atoms with Crippen LogP contribution in [0.5, 0.6) is 0 Å². The van der Waals surface area contributed by atoms with E-state index in [9.17, 15) is 4.79 Å². The van der Waals surface area contributed by atoms with Crippen molar-refractivity contribution in [1.82, 2.24) is 19.9 Å². The van der Waals surface area contributed by atoms with Crippen LogP contribution in [-0.4, -0.2) is 39.6 Å². The highest BCUT2D eigenvalue weighted by molar-refractivity contribution is 5.81. The molecule has 1 atom stereocenters. The molecule has 1 aliphatic heterocycles. The summed E-state index contributed by atoms with van der Waals surface area (Å²) < 4.78 is 1.86. The van der Waals surface area contributed by atoms with E-state index >= 15 is 0 Å². The van der Waals surface area contributed by atoms with Gasteiger partial charge < -0.3 is 10.2 Å². The summed E-state index contributed by atoms with van der Waals surface area (Å²) in [4.78, 5) is 18.8. The van der Waals surface area contributed by atoms with Gasteiger partial charge in [-0.2, -0.15) is 9.61 Å². The summed E-state index contributed by atoms with van der Waals surface area (Å²) in [5.74, 6) is 1.14. The highest BCUT2D eigenvalue weighted by Gasteiger charge is 2.27. The fourth-order valence-electron chi connectivity index (χ4n) is 2.77. The Balaban J connectivity index is 1.76. The van der Waals surface area contributed by atoms with Crippen LogP contribution in [0.25, 0.3) is 5.65 Å². The molecule has 118 valence electrons. The van der Waals surface area contributed by atoms with Crippen molar-refractivity contribution < 1.29 is 4.79 Å². The van der Waals surface area contributed by atoms with E-state index in [-0.39, 0.29) is 17.4 Å². The highest BCUT2D eigenvalue weighted by Crippen LogP contribution is 2.21. The standard InChI is InChI=1S/C16H23N5O/c1-16(2,3)15(22)19-12-5-4-10-20(11-12)14-7-8-17-13-6-9-18-21(13)14/h6-9,12H,4-5,10-11H2,1-3H3,(H,19,22). The summed E-state index contributed by atoms with van der Waals surface area (Å²) in [6.07, 6.45) is 5.64. The molecule has 6 heteroatoms. The smallest absolute Gasteiger partial charge is 0.225 e. The van der Waals surface area contributed by atoms with Crippen molar-refractivity contribution in [3.8, 4) is 0 Å². The normalized spacial score (nSPS) is 19.4. The van der Waals surface area contributed by atoms with Gasteiger partial charge in [-0.15, -0.1) is 0 Å². The van der Waals surface area contributed by atoms with Crippen LogP contribution in [0, 0.1) is 5.41 Å². The van der Waals surface area contributed by atoms with Crippen molar-refractivity contribution in [2.75, 3.05) is 18.0 Å². The van der Waals surface area contributed by atoms with Gasteiger partial charge in [0, 0.05) is 36.8 Å². The van der Waals surface area contributed by atoms with E-state index in [2.05, 4.69) is 20.3 Å². The Morgan fingerprint density at radius 3 is 2.91 bits per heavy atom. The van der Waals surface area contributed by atoms with Crippen molar-refractivity contribution >= 4 is 17.4 Å². The maximum atomic E-state index is 12.2. The van der Waals surface area contributed by atoms with Crippen LogP contribution in [-0.2, 0) is 4.79 Å². The van der Waals surface area contributed by atoms with E-state index in [1.54, 1.807) is 6.20 Å². The Morgan fingerprint density at radius 1 is 1.32 bits per heavy atom. The molecule has 0 spiro atoms. The molecule has 3 rings (SSSR count). The fourth-order valence-corrected chi connectivity index (χ4v) is 2.77. The molecule has 0 bridgehead atoms. The second-order valence-corrected chi connectivity index (χ2v) is 6.91. The number of anilines is 1. The Kier molecular flexibility index (Phi) is 3.76. The van der Waals surface area contributed by atoms with Gasteiger partial charge >= 0.3 is 0 Å². The Bertz CT molecular complexity index is 672. The van der Waals surface area contributed by atoms with Crippen LogP contribution in [0.15, 0.2) is 24.5 Å². The monoisotopic (exact) mass is 301 g/mol. The maximum Gasteiger partial charge on any atom is 0.225 e. The number of hydrogen-bond acceptors (Lipinski definition) is 4. The zero-order valence-electron chi connectivity index (χ0n) is 13.4. The number of nitrogens with one attached hydrogen (secondary N) is 1. The van der Waals surface area contributed by atoms with Crippen LogP contribution < -0.4 is 10.2 Å². The topological polar surface area (TPSA) is 62.5 Å². The van der Waals surface area contributed by atoms with Crippen molar-refractivity contribution in [1.29, 1.82) is 0 Å². The quantitative estimate of drug-likeness (QED) is 0.919. The third kappa shape index (κ3) is 2.91. The van der Waals surface area contributed by atoms with Gasteiger partial charge in [-0.1, -0.05) is 20.8 Å². The molecule has 1 saturated heterocycles. The van der Waals surface area contributed by atoms with Gasteiger partial charge in [0.2, 0.25) is 5.91 Å². The third-order valence-electron chi connectivity index (χ3n) is 4.03. The van der Waals surface area contributed by atoms with Crippen LogP contribution >= 0.6 is 0 Å². The van der Waals surface area contributed by atoms with Gasteiger partial charge in [0.05, 0.1) is 6.20 Å². The zero-order valence-corrected chi connectivity index (χ0v) is 13.4. The number of nitrogens with zero attached hydrogens (tertiary/aromatic N) is 4. The molecule has 0 aromatic carbocycles. The number of piperidine rings is 1. The first-order valence-corrected chi connectivity index (χ1v) is 7.80. The summed E-state index contributed by atoms with van der Waals surface area (Å²) in [5, 5.41) is 7.52. The maximum absolute atomic E-state index is 12.2. The molecule has 1 unspecified atom stereocenters. The van der Waals surface area contributed by atoms with E-state index in [1.165, 1.54) is 0 Å². The molecule has 1 fully saturated rings. The average molecular weight is 301 g/mol. The Labute approximate surface area is 130 Å². The van der Waals surface area contributed by atoms with Gasteiger partial charge in [0.15, 0.2) is 5.65 Å². The van der Waals surface area contributed by atoms with E-state index < -0.39 is 0 Å². The SMILES string of the molecule is CC(C)(C)C(=O)NC1CCCN(c2ccnc3ccnn23)C1. The van der Waals surface area contributed by atoms with E-state index in [4.69, 9.17) is 0 Å². The third-order valence-corrected chi connectivity index (χ3v) is 4.03. The molecular formula is C16H23N5O. The lowest BCUT2D eigenvalue weighted by molar-refractivity contribution is -0.129. The zero-order chi connectivity index (χ0) is 15.7. The first-order chi connectivity index (χ1) is 10.4. The Hall–Kier alpha value is -2.11. The lowest BCUT2D eigenvalue weighted by atomic mass is 9.94. The summed E-state index contributed by atoms with van der Waals surface area (Å²) >= 11 is 0. The van der Waals surface area contributed by atoms with Crippen LogP contribution in [0.3, 0.4) is 0 Å². The number of carbonyl (C=O) groups excluding carboxylic acids is 1. The number of rotatable bonds is 2. The number of carbonyl (C=O) groups is 1. The summed E-state index contributed by atoms with van der Waals surface area (Å²) in [7, 11) is 0. The minimum atomic E-state index is -0.353. The van der Waals surface area contributed by atoms with Crippen molar-refractivity contribution in [2.24, 2.45) is 5.41 Å². The molecular weight excluding hydrogens is 278 g/mol. The molecule has 1 aliphatic rings. The largest absolute Gasteiger partial charge is 0.354 e. The predicted octanol–water partition coefficient (Wildman–Crippen LogP) is 1.86. The molecule has 0 radical (unpaired) electrons. The first kappa shape index (κ1) is 14.8. The summed E-state index contributed by atoms with van der Waals surface area (Å²) in [6, 6.07) is 4.06. The number of hydrogen-bond donors (Lipinski definition) is 1. The van der Waals surface area contributed by atoms with Crippen molar-refractivity contribution in [2.45, 2.75) is 39.7 Å². The molecule has 22 heavy (non-hydrogen) atoms. The molecule has 0 aliphatic carbocycles. The van der Waals surface area contributed by atoms with Gasteiger partial charge in [-0.25, -0.2) is 4.98 Å². The molecule has 0 saturated carbocycles. The second kappa shape index (κ2) is 5.59. The van der Waals surface area contributed by atoms with Gasteiger partial charge in [0.25, 0.3) is 0 Å². The molecule has 3 heterocycles. The molecule has 2 aromatic rings. The van der Waals surface area contributed by atoms with Gasteiger partial charge in [0.1, 0.15) is 5.82 Å². The minimum Gasteiger partial charge on any atom is -0.354 e. The second-order valence-electron chi connectivity index (χ2n) is 6.91. The van der Waals surface area contributed by atoms with E-state index in [1.807, 2.05) is 43.6 Å². The molecule has 6 nitrogen and oxygen atoms in total. The number of amides is 1. The van der Waals surface area contributed by atoms with Crippen LogP contribution in [0.2, 0.25) is 0 Å². The lowest BCUT2D eigenvalue weighted by Crippen LogP contribution is -2.50. The van der Waals surface area contributed by atoms with E-state index in [0.29, 0.717) is 0 Å². The predicted molar refractivity (Wildman–Crippen MR) is 85.8 cm³/mol. The van der Waals surface area contributed by atoms with Crippen LogP contribution in [0.1, 0.15) is 33.6 Å². The van der Waals surface area contributed by atoms with Crippen molar-refractivity contribution in [3.63, 3.8) is 0 Å². The molecule has 1 N–H and O–H groups in total. The van der Waals surface area contributed by atoms with Crippen LogP contribution in [0.4, 0.5) is 5.82 Å². The Morgan fingerprint density at radius 2 is 2.14 bits per heavy atom. The minimum absolute atomic E-state index is 0.110. The summed E-state index contributed by atoms with van der Waals surface area (Å²) in [5.41, 5.74) is 0.493. The van der Waals surface area contributed by atoms with Crippen molar-refractivity contribution in [3.05, 3.63) is 24.5 Å². The highest BCUT2D eigenvalue weighted by atomic mass is 16.2. The fraction of sp³-hybridized carbons (Fsp3) is 0.562. The summed E-state index contributed by atoms with van der Waals surface area (Å²) in [6.45, 7) is 7.61. The number of fused-ring (bicyclic) bond motifs is 1. The first-order valence-electron chi connectivity index (χ1n) is 7.80. The number of aromatic nitrogens is 3. The van der Waals surface area contributed by atoms with Gasteiger partial charge in [-0.05, 0) is 18.9 Å².